The number of hydrogen-bond acceptors (Lipinski definition) is 7. The third-order valence-corrected chi connectivity index (χ3v) is 7.75. The third-order valence-electron chi connectivity index (χ3n) is 7.75. The van der Waals surface area contributed by atoms with Crippen LogP contribution in [0.15, 0.2) is 30.5 Å². The largest absolute Gasteiger partial charge is 0.462 e. The Morgan fingerprint density at radius 2 is 1.92 bits per heavy atom. The number of piperazine rings is 1. The second kappa shape index (κ2) is 9.05. The molecule has 3 aromatic rings. The standard InChI is InChI=1S/C26H28F4N6O/c1-15-11-35(12-17-13-36(15)17)24-19-10-31-22(18-7-3-4-8-20(18)26(28,29)30)21(27)23(19)32-25(33-24)37-14-16-6-5-9-34(16)2/h3-4,7-8,10,15-17H,5-6,9,11-14H2,1-2H3/t15?,16-,17?,36?/m0/s1. The molecule has 0 radical (unpaired) electrons. The maximum atomic E-state index is 16.0. The summed E-state index contributed by atoms with van der Waals surface area (Å²) in [7, 11) is 2.03. The van der Waals surface area contributed by atoms with Gasteiger partial charge in [0.2, 0.25) is 0 Å². The lowest BCUT2D eigenvalue weighted by atomic mass is 10.0. The molecule has 3 unspecified atom stereocenters. The maximum Gasteiger partial charge on any atom is 0.417 e. The van der Waals surface area contributed by atoms with Crippen molar-refractivity contribution in [1.82, 2.24) is 24.8 Å². The number of likely N-dealkylation sites (N-methyl/N-ethyl adjacent to an activating group) is 1. The van der Waals surface area contributed by atoms with Crippen molar-refractivity contribution in [2.45, 2.75) is 44.1 Å². The highest BCUT2D eigenvalue weighted by molar-refractivity contribution is 5.92. The molecule has 11 heteroatoms. The lowest BCUT2D eigenvalue weighted by molar-refractivity contribution is -0.137. The Morgan fingerprint density at radius 1 is 1.11 bits per heavy atom. The van der Waals surface area contributed by atoms with Gasteiger partial charge in [-0.05, 0) is 39.4 Å². The number of fused-ring (bicyclic) bond motifs is 2. The van der Waals surface area contributed by atoms with E-state index in [4.69, 9.17) is 4.74 Å². The number of pyridine rings is 1. The van der Waals surface area contributed by atoms with Crippen molar-refractivity contribution in [2.24, 2.45) is 0 Å². The predicted molar refractivity (Wildman–Crippen MR) is 131 cm³/mol. The Hall–Kier alpha value is -3.05. The summed E-state index contributed by atoms with van der Waals surface area (Å²) in [5, 5.41) is 0.359. The number of hydrogen-bond donors (Lipinski definition) is 0. The van der Waals surface area contributed by atoms with E-state index in [2.05, 4.69) is 36.6 Å². The summed E-state index contributed by atoms with van der Waals surface area (Å²) in [6.07, 6.45) is -1.22. The molecule has 3 aliphatic rings. The number of alkyl halides is 3. The average Bonchev–Trinajstić information content (AvgIpc) is 3.55. The van der Waals surface area contributed by atoms with Crippen LogP contribution in [0.5, 0.6) is 6.01 Å². The lowest BCUT2D eigenvalue weighted by Crippen LogP contribution is -2.44. The summed E-state index contributed by atoms with van der Waals surface area (Å²) in [4.78, 5) is 19.9. The summed E-state index contributed by atoms with van der Waals surface area (Å²) >= 11 is 0. The predicted octanol–water partition coefficient (Wildman–Crippen LogP) is 4.22. The van der Waals surface area contributed by atoms with E-state index in [-0.39, 0.29) is 23.1 Å². The molecule has 0 amide bonds. The molecular weight excluding hydrogens is 488 g/mol. The van der Waals surface area contributed by atoms with Crippen molar-refractivity contribution in [3.63, 3.8) is 0 Å². The summed E-state index contributed by atoms with van der Waals surface area (Å²) in [6, 6.07) is 5.79. The number of ether oxygens (including phenoxy) is 1. The topological polar surface area (TPSA) is 57.4 Å². The molecular formula is C26H28F4N6O. The fourth-order valence-corrected chi connectivity index (χ4v) is 5.64. The third kappa shape index (κ3) is 4.48. The molecule has 1 aromatic carbocycles. The van der Waals surface area contributed by atoms with Crippen LogP contribution in [0.3, 0.4) is 0 Å². The molecule has 3 aliphatic heterocycles. The van der Waals surface area contributed by atoms with E-state index < -0.39 is 23.3 Å². The van der Waals surface area contributed by atoms with Crippen molar-refractivity contribution in [3.05, 3.63) is 41.8 Å². The molecule has 4 atom stereocenters. The van der Waals surface area contributed by atoms with Gasteiger partial charge in [0.25, 0.3) is 0 Å². The number of rotatable bonds is 5. The molecule has 0 spiro atoms. The van der Waals surface area contributed by atoms with E-state index >= 15 is 4.39 Å². The van der Waals surface area contributed by atoms with Crippen LogP contribution >= 0.6 is 0 Å². The number of aromatic nitrogens is 3. The van der Waals surface area contributed by atoms with Gasteiger partial charge in [-0.3, -0.25) is 9.88 Å². The first-order chi connectivity index (χ1) is 17.7. The first-order valence-corrected chi connectivity index (χ1v) is 12.6. The minimum absolute atomic E-state index is 0.0221. The van der Waals surface area contributed by atoms with Crippen LogP contribution in [0.2, 0.25) is 0 Å². The highest BCUT2D eigenvalue weighted by atomic mass is 19.4. The first-order valence-electron chi connectivity index (χ1n) is 12.6. The van der Waals surface area contributed by atoms with Crippen LogP contribution in [0, 0.1) is 5.82 Å². The van der Waals surface area contributed by atoms with E-state index in [1.807, 2.05) is 7.05 Å². The Balaban J connectivity index is 1.45. The molecule has 7 nitrogen and oxygen atoms in total. The fraction of sp³-hybridized carbons (Fsp3) is 0.500. The van der Waals surface area contributed by atoms with Crippen LogP contribution in [-0.2, 0) is 6.18 Å². The van der Waals surface area contributed by atoms with Crippen LogP contribution in [0.25, 0.3) is 22.2 Å². The van der Waals surface area contributed by atoms with Gasteiger partial charge >= 0.3 is 12.2 Å². The molecule has 37 heavy (non-hydrogen) atoms. The van der Waals surface area contributed by atoms with E-state index in [1.165, 1.54) is 24.4 Å². The quantitative estimate of drug-likeness (QED) is 0.372. The smallest absolute Gasteiger partial charge is 0.417 e. The molecule has 3 saturated heterocycles. The number of nitrogens with zero attached hydrogens (tertiary/aromatic N) is 6. The zero-order chi connectivity index (χ0) is 25.9. The van der Waals surface area contributed by atoms with E-state index in [0.29, 0.717) is 36.4 Å². The van der Waals surface area contributed by atoms with Gasteiger partial charge in [-0.25, -0.2) is 4.39 Å². The maximum absolute atomic E-state index is 16.0. The number of benzene rings is 1. The molecule has 0 bridgehead atoms. The molecule has 0 N–H and O–H groups in total. The second-order valence-electron chi connectivity index (χ2n) is 10.2. The monoisotopic (exact) mass is 516 g/mol. The van der Waals surface area contributed by atoms with Crippen molar-refractivity contribution < 1.29 is 22.3 Å². The SMILES string of the molecule is CC1CN(c2nc(OC[C@@H]3CCCN3C)nc3c(F)c(-c4ccccc4C(F)(F)F)ncc23)CC2CN12. The highest BCUT2D eigenvalue weighted by Crippen LogP contribution is 2.40. The summed E-state index contributed by atoms with van der Waals surface area (Å²) in [6.45, 7) is 5.88. The Labute approximate surface area is 212 Å². The normalized spacial score (nSPS) is 25.9. The average molecular weight is 517 g/mol. The van der Waals surface area contributed by atoms with Crippen LogP contribution < -0.4 is 9.64 Å². The van der Waals surface area contributed by atoms with E-state index in [9.17, 15) is 13.2 Å². The van der Waals surface area contributed by atoms with Gasteiger partial charge in [0.05, 0.1) is 10.9 Å². The molecule has 0 aliphatic carbocycles. The minimum Gasteiger partial charge on any atom is -0.462 e. The molecule has 6 rings (SSSR count). The van der Waals surface area contributed by atoms with Crippen LogP contribution in [0.4, 0.5) is 23.4 Å². The fourth-order valence-electron chi connectivity index (χ4n) is 5.64. The van der Waals surface area contributed by atoms with Gasteiger partial charge in [0, 0.05) is 49.5 Å². The zero-order valence-electron chi connectivity index (χ0n) is 20.7. The van der Waals surface area contributed by atoms with E-state index in [0.717, 1.165) is 38.5 Å². The Kier molecular flexibility index (Phi) is 5.95. The molecule has 2 aromatic heterocycles. The molecule has 0 saturated carbocycles. The highest BCUT2D eigenvalue weighted by Gasteiger charge is 2.44. The number of anilines is 1. The number of halogens is 4. The van der Waals surface area contributed by atoms with Crippen molar-refractivity contribution in [1.29, 1.82) is 0 Å². The van der Waals surface area contributed by atoms with Crippen molar-refractivity contribution in [2.75, 3.05) is 44.7 Å². The van der Waals surface area contributed by atoms with Crippen LogP contribution in [-0.4, -0.2) is 82.7 Å². The van der Waals surface area contributed by atoms with Gasteiger partial charge in [0.15, 0.2) is 5.82 Å². The van der Waals surface area contributed by atoms with Gasteiger partial charge in [0.1, 0.15) is 23.6 Å². The Bertz CT molecular complexity index is 1330. The molecule has 5 heterocycles. The Morgan fingerprint density at radius 3 is 2.65 bits per heavy atom. The second-order valence-corrected chi connectivity index (χ2v) is 10.2. The van der Waals surface area contributed by atoms with Gasteiger partial charge < -0.3 is 14.5 Å². The van der Waals surface area contributed by atoms with Crippen LogP contribution in [0.1, 0.15) is 25.3 Å². The summed E-state index contributed by atoms with van der Waals surface area (Å²) in [5.41, 5.74) is -1.76. The van der Waals surface area contributed by atoms with Crippen molar-refractivity contribution >= 4 is 16.7 Å². The van der Waals surface area contributed by atoms with Gasteiger partial charge in [-0.15, -0.1) is 0 Å². The minimum atomic E-state index is -4.65. The zero-order valence-corrected chi connectivity index (χ0v) is 20.7. The van der Waals surface area contributed by atoms with Gasteiger partial charge in [-0.1, -0.05) is 18.2 Å². The summed E-state index contributed by atoms with van der Waals surface area (Å²) in [5.74, 6) is -0.418. The molecule has 3 fully saturated rings. The first kappa shape index (κ1) is 24.3. The summed E-state index contributed by atoms with van der Waals surface area (Å²) < 4.78 is 63.1. The van der Waals surface area contributed by atoms with E-state index in [1.54, 1.807) is 0 Å². The number of likely N-dealkylation sites (tertiary alicyclic amines) is 1. The molecule has 196 valence electrons. The lowest BCUT2D eigenvalue weighted by Gasteiger charge is -2.33. The van der Waals surface area contributed by atoms with Gasteiger partial charge in [-0.2, -0.15) is 23.1 Å². The van der Waals surface area contributed by atoms with Crippen molar-refractivity contribution in [3.8, 4) is 17.3 Å².